The van der Waals surface area contributed by atoms with Crippen molar-refractivity contribution in [2.45, 2.75) is 51.0 Å². The molecule has 2 fully saturated rings. The fourth-order valence-corrected chi connectivity index (χ4v) is 5.70. The van der Waals surface area contributed by atoms with Crippen molar-refractivity contribution in [3.8, 4) is 0 Å². The minimum atomic E-state index is -0.0700. The Morgan fingerprint density at radius 2 is 1.82 bits per heavy atom. The fraction of sp³-hybridized carbons (Fsp3) is 0.500. The summed E-state index contributed by atoms with van der Waals surface area (Å²) in [6, 6.07) is 16.4. The van der Waals surface area contributed by atoms with Gasteiger partial charge in [0.15, 0.2) is 0 Å². The summed E-state index contributed by atoms with van der Waals surface area (Å²) >= 11 is 0. The maximum atomic E-state index is 12.7. The molecular weight excluding hydrogens is 424 g/mol. The van der Waals surface area contributed by atoms with Crippen molar-refractivity contribution in [1.29, 1.82) is 0 Å². The SMILES string of the molecule is O=C(NCCCN1CCC(Cc2ccccc2)CC1)c1ccc2c(c1)NC(=O)C1CCCCN21. The molecule has 0 saturated carbocycles. The summed E-state index contributed by atoms with van der Waals surface area (Å²) in [7, 11) is 0. The van der Waals surface area contributed by atoms with Crippen LogP contribution in [-0.4, -0.2) is 55.5 Å². The van der Waals surface area contributed by atoms with E-state index < -0.39 is 0 Å². The van der Waals surface area contributed by atoms with E-state index in [-0.39, 0.29) is 17.9 Å². The number of hydrogen-bond donors (Lipinski definition) is 2. The zero-order valence-corrected chi connectivity index (χ0v) is 20.0. The Morgan fingerprint density at radius 1 is 1.00 bits per heavy atom. The van der Waals surface area contributed by atoms with Crippen LogP contribution in [0.15, 0.2) is 48.5 Å². The van der Waals surface area contributed by atoms with E-state index in [4.69, 9.17) is 0 Å². The van der Waals surface area contributed by atoms with Crippen LogP contribution in [-0.2, 0) is 11.2 Å². The first-order valence-corrected chi connectivity index (χ1v) is 12.9. The standard InChI is InChI=1S/C28H36N4O2/c33-27(23-10-11-25-24(20-23)30-28(34)26-9-4-5-16-32(25)26)29-14-6-15-31-17-12-22(13-18-31)19-21-7-2-1-3-8-21/h1-3,7-8,10-11,20,22,26H,4-6,9,12-19H2,(H,29,33)(H,30,34). The van der Waals surface area contributed by atoms with E-state index in [1.165, 1.54) is 24.8 Å². The van der Waals surface area contributed by atoms with Gasteiger partial charge in [-0.2, -0.15) is 0 Å². The molecule has 34 heavy (non-hydrogen) atoms. The number of carbonyl (C=O) groups excluding carboxylic acids is 2. The molecule has 2 saturated heterocycles. The molecule has 6 heteroatoms. The highest BCUT2D eigenvalue weighted by Crippen LogP contribution is 2.36. The van der Waals surface area contributed by atoms with E-state index in [0.29, 0.717) is 12.1 Å². The smallest absolute Gasteiger partial charge is 0.251 e. The number of rotatable bonds is 7. The number of hydrogen-bond acceptors (Lipinski definition) is 4. The number of fused-ring (bicyclic) bond motifs is 3. The van der Waals surface area contributed by atoms with E-state index in [1.807, 2.05) is 18.2 Å². The number of likely N-dealkylation sites (tertiary alicyclic amines) is 1. The van der Waals surface area contributed by atoms with Gasteiger partial charge < -0.3 is 20.4 Å². The third-order valence-electron chi connectivity index (χ3n) is 7.64. The quantitative estimate of drug-likeness (QED) is 0.612. The second-order valence-electron chi connectivity index (χ2n) is 10.0. The molecule has 3 heterocycles. The van der Waals surface area contributed by atoms with Gasteiger partial charge in [-0.1, -0.05) is 30.3 Å². The van der Waals surface area contributed by atoms with E-state index in [2.05, 4.69) is 50.8 Å². The lowest BCUT2D eigenvalue weighted by Gasteiger charge is -2.41. The van der Waals surface area contributed by atoms with Crippen LogP contribution in [0.3, 0.4) is 0 Å². The van der Waals surface area contributed by atoms with Gasteiger partial charge in [-0.05, 0) is 94.3 Å². The maximum Gasteiger partial charge on any atom is 0.251 e. The zero-order chi connectivity index (χ0) is 23.3. The molecule has 0 radical (unpaired) electrons. The average molecular weight is 461 g/mol. The number of amides is 2. The van der Waals surface area contributed by atoms with Crippen LogP contribution in [0.2, 0.25) is 0 Å². The molecule has 6 nitrogen and oxygen atoms in total. The van der Waals surface area contributed by atoms with Crippen molar-refractivity contribution >= 4 is 23.2 Å². The first kappa shape index (κ1) is 22.9. The molecule has 0 aromatic heterocycles. The van der Waals surface area contributed by atoms with Gasteiger partial charge in [0.25, 0.3) is 5.91 Å². The van der Waals surface area contributed by atoms with Crippen molar-refractivity contribution in [3.63, 3.8) is 0 Å². The minimum absolute atomic E-state index is 0.0531. The lowest BCUT2D eigenvalue weighted by atomic mass is 9.90. The summed E-state index contributed by atoms with van der Waals surface area (Å²) in [6.07, 6.45) is 7.74. The maximum absolute atomic E-state index is 12.7. The van der Waals surface area contributed by atoms with Crippen LogP contribution >= 0.6 is 0 Å². The third-order valence-corrected chi connectivity index (χ3v) is 7.64. The Labute approximate surface area is 202 Å². The lowest BCUT2D eigenvalue weighted by Crippen LogP contribution is -2.50. The van der Waals surface area contributed by atoms with E-state index in [9.17, 15) is 9.59 Å². The van der Waals surface area contributed by atoms with Gasteiger partial charge in [-0.25, -0.2) is 0 Å². The number of benzene rings is 2. The molecular formula is C28H36N4O2. The number of carbonyl (C=O) groups is 2. The molecule has 2 N–H and O–H groups in total. The summed E-state index contributed by atoms with van der Waals surface area (Å²) in [5, 5.41) is 6.08. The van der Waals surface area contributed by atoms with Gasteiger partial charge in [0.05, 0.1) is 11.4 Å². The molecule has 1 atom stereocenters. The molecule has 5 rings (SSSR count). The van der Waals surface area contributed by atoms with Gasteiger partial charge in [0.1, 0.15) is 6.04 Å². The minimum Gasteiger partial charge on any atom is -0.358 e. The highest BCUT2D eigenvalue weighted by molar-refractivity contribution is 6.05. The Balaban J connectivity index is 1.05. The monoisotopic (exact) mass is 460 g/mol. The van der Waals surface area contributed by atoms with Gasteiger partial charge in [-0.3, -0.25) is 9.59 Å². The largest absolute Gasteiger partial charge is 0.358 e. The summed E-state index contributed by atoms with van der Waals surface area (Å²) in [5.74, 6) is 0.764. The predicted octanol–water partition coefficient (Wildman–Crippen LogP) is 4.07. The molecule has 0 bridgehead atoms. The van der Waals surface area contributed by atoms with Gasteiger partial charge in [0.2, 0.25) is 5.91 Å². The molecule has 3 aliphatic rings. The summed E-state index contributed by atoms with van der Waals surface area (Å²) in [4.78, 5) is 29.9. The van der Waals surface area contributed by atoms with E-state index in [1.54, 1.807) is 0 Å². The molecule has 2 aromatic carbocycles. The van der Waals surface area contributed by atoms with Crippen LogP contribution in [0, 0.1) is 5.92 Å². The molecule has 0 spiro atoms. The van der Waals surface area contributed by atoms with Crippen LogP contribution in [0.4, 0.5) is 11.4 Å². The lowest BCUT2D eigenvalue weighted by molar-refractivity contribution is -0.118. The van der Waals surface area contributed by atoms with Crippen LogP contribution < -0.4 is 15.5 Å². The van der Waals surface area contributed by atoms with Gasteiger partial charge >= 0.3 is 0 Å². The summed E-state index contributed by atoms with van der Waals surface area (Å²) < 4.78 is 0. The third kappa shape index (κ3) is 5.27. The molecule has 2 amide bonds. The zero-order valence-electron chi connectivity index (χ0n) is 20.0. The average Bonchev–Trinajstić information content (AvgIpc) is 2.88. The Kier molecular flexibility index (Phi) is 7.14. The first-order valence-electron chi connectivity index (χ1n) is 12.9. The topological polar surface area (TPSA) is 64.7 Å². The Bertz CT molecular complexity index is 1000. The molecule has 2 aromatic rings. The molecule has 180 valence electrons. The number of nitrogens with zero attached hydrogens (tertiary/aromatic N) is 2. The Morgan fingerprint density at radius 3 is 2.65 bits per heavy atom. The second kappa shape index (κ2) is 10.6. The summed E-state index contributed by atoms with van der Waals surface area (Å²) in [5.41, 5.74) is 3.85. The van der Waals surface area contributed by atoms with Crippen molar-refractivity contribution in [2.24, 2.45) is 5.92 Å². The number of anilines is 2. The van der Waals surface area contributed by atoms with Crippen LogP contribution in [0.25, 0.3) is 0 Å². The number of piperidine rings is 2. The van der Waals surface area contributed by atoms with Gasteiger partial charge in [-0.15, -0.1) is 0 Å². The van der Waals surface area contributed by atoms with Crippen LogP contribution in [0.1, 0.15) is 54.4 Å². The molecule has 0 aliphatic carbocycles. The second-order valence-corrected chi connectivity index (χ2v) is 10.0. The van der Waals surface area contributed by atoms with E-state index >= 15 is 0 Å². The van der Waals surface area contributed by atoms with Crippen molar-refractivity contribution < 1.29 is 9.59 Å². The highest BCUT2D eigenvalue weighted by atomic mass is 16.2. The van der Waals surface area contributed by atoms with Gasteiger partial charge in [0, 0.05) is 18.7 Å². The number of nitrogens with one attached hydrogen (secondary N) is 2. The summed E-state index contributed by atoms with van der Waals surface area (Å²) in [6.45, 7) is 4.89. The van der Waals surface area contributed by atoms with Crippen molar-refractivity contribution in [1.82, 2.24) is 10.2 Å². The molecule has 3 aliphatic heterocycles. The predicted molar refractivity (Wildman–Crippen MR) is 136 cm³/mol. The van der Waals surface area contributed by atoms with E-state index in [0.717, 1.165) is 69.2 Å². The molecule has 1 unspecified atom stereocenters. The normalized spacial score (nSPS) is 20.9. The van der Waals surface area contributed by atoms with Crippen molar-refractivity contribution in [3.05, 3.63) is 59.7 Å². The highest BCUT2D eigenvalue weighted by Gasteiger charge is 2.34. The Hall–Kier alpha value is -2.86. The first-order chi connectivity index (χ1) is 16.7. The van der Waals surface area contributed by atoms with Crippen LogP contribution in [0.5, 0.6) is 0 Å². The van der Waals surface area contributed by atoms with Crippen molar-refractivity contribution in [2.75, 3.05) is 42.9 Å². The fourth-order valence-electron chi connectivity index (χ4n) is 5.70.